The summed E-state index contributed by atoms with van der Waals surface area (Å²) < 4.78 is 13.6. The van der Waals surface area contributed by atoms with Crippen molar-refractivity contribution in [3.8, 4) is 0 Å². The fourth-order valence-electron chi connectivity index (χ4n) is 3.76. The second kappa shape index (κ2) is 9.77. The van der Waals surface area contributed by atoms with E-state index < -0.39 is 0 Å². The van der Waals surface area contributed by atoms with E-state index in [0.717, 1.165) is 35.2 Å². The summed E-state index contributed by atoms with van der Waals surface area (Å²) in [5, 5.41) is 3.02. The molecule has 1 aliphatic carbocycles. The first-order chi connectivity index (χ1) is 15.5. The molecule has 1 fully saturated rings. The van der Waals surface area contributed by atoms with Crippen LogP contribution in [0.15, 0.2) is 78.9 Å². The summed E-state index contributed by atoms with van der Waals surface area (Å²) in [6.45, 7) is 2.28. The predicted molar refractivity (Wildman–Crippen MR) is 123 cm³/mol. The van der Waals surface area contributed by atoms with Gasteiger partial charge in [0, 0.05) is 11.6 Å². The SMILES string of the molecule is C[C@@H](NC(=O)Cc1ccc(N(Cc2cccc(F)c2)C(=O)C2CC2)cc1)c1ccccc1. The number of hydrogen-bond acceptors (Lipinski definition) is 2. The van der Waals surface area contributed by atoms with Gasteiger partial charge in [-0.2, -0.15) is 0 Å². The molecule has 1 aliphatic rings. The lowest BCUT2D eigenvalue weighted by Crippen LogP contribution is -2.31. The van der Waals surface area contributed by atoms with Crippen LogP contribution in [0.5, 0.6) is 0 Å². The molecule has 5 heteroatoms. The minimum absolute atomic E-state index is 0.0495. The summed E-state index contributed by atoms with van der Waals surface area (Å²) in [6, 6.07) is 23.6. The summed E-state index contributed by atoms with van der Waals surface area (Å²) in [4.78, 5) is 27.1. The van der Waals surface area contributed by atoms with Gasteiger partial charge < -0.3 is 10.2 Å². The molecule has 32 heavy (non-hydrogen) atoms. The van der Waals surface area contributed by atoms with Crippen LogP contribution in [-0.4, -0.2) is 11.8 Å². The Morgan fingerprint density at radius 3 is 2.34 bits per heavy atom. The van der Waals surface area contributed by atoms with E-state index in [1.54, 1.807) is 11.0 Å². The van der Waals surface area contributed by atoms with E-state index in [1.165, 1.54) is 12.1 Å². The Hall–Kier alpha value is -3.47. The molecule has 3 aromatic carbocycles. The molecule has 1 saturated carbocycles. The molecule has 4 nitrogen and oxygen atoms in total. The number of benzene rings is 3. The second-order valence-corrected chi connectivity index (χ2v) is 8.37. The molecule has 0 radical (unpaired) electrons. The maximum absolute atomic E-state index is 13.6. The molecule has 0 aromatic heterocycles. The van der Waals surface area contributed by atoms with Gasteiger partial charge in [-0.3, -0.25) is 9.59 Å². The van der Waals surface area contributed by atoms with Crippen molar-refractivity contribution in [2.24, 2.45) is 5.92 Å². The molecule has 1 atom stereocenters. The van der Waals surface area contributed by atoms with Gasteiger partial charge in [-0.25, -0.2) is 4.39 Å². The minimum atomic E-state index is -0.313. The molecule has 4 rings (SSSR count). The van der Waals surface area contributed by atoms with Crippen LogP contribution in [0.3, 0.4) is 0 Å². The van der Waals surface area contributed by atoms with Crippen molar-refractivity contribution < 1.29 is 14.0 Å². The van der Waals surface area contributed by atoms with Gasteiger partial charge in [0.1, 0.15) is 5.82 Å². The van der Waals surface area contributed by atoms with Gasteiger partial charge in [0.2, 0.25) is 11.8 Å². The molecule has 0 aliphatic heterocycles. The number of anilines is 1. The van der Waals surface area contributed by atoms with Crippen molar-refractivity contribution in [2.75, 3.05) is 4.90 Å². The van der Waals surface area contributed by atoms with E-state index in [-0.39, 0.29) is 36.0 Å². The van der Waals surface area contributed by atoms with Crippen molar-refractivity contribution in [1.29, 1.82) is 0 Å². The van der Waals surface area contributed by atoms with Crippen molar-refractivity contribution in [3.63, 3.8) is 0 Å². The van der Waals surface area contributed by atoms with Crippen LogP contribution in [-0.2, 0) is 22.6 Å². The molecule has 0 unspecified atom stereocenters. The number of hydrogen-bond donors (Lipinski definition) is 1. The Labute approximate surface area is 188 Å². The standard InChI is InChI=1S/C27H27FN2O2/c1-19(22-7-3-2-4-8-22)29-26(31)17-20-10-14-25(15-11-20)30(27(32)23-12-13-23)18-21-6-5-9-24(28)16-21/h2-11,14-16,19,23H,12-13,17-18H2,1H3,(H,29,31)/t19-/m1/s1. The molecule has 2 amide bonds. The highest BCUT2D eigenvalue weighted by Gasteiger charge is 2.34. The van der Waals surface area contributed by atoms with Gasteiger partial charge >= 0.3 is 0 Å². The third-order valence-corrected chi connectivity index (χ3v) is 5.71. The van der Waals surface area contributed by atoms with E-state index in [1.807, 2.05) is 67.6 Å². The van der Waals surface area contributed by atoms with Crippen molar-refractivity contribution in [3.05, 3.63) is 101 Å². The highest BCUT2D eigenvalue weighted by molar-refractivity contribution is 5.96. The zero-order valence-corrected chi connectivity index (χ0v) is 18.1. The van der Waals surface area contributed by atoms with Crippen molar-refractivity contribution in [2.45, 2.75) is 38.8 Å². The average molecular weight is 431 g/mol. The fraction of sp³-hybridized carbons (Fsp3) is 0.259. The lowest BCUT2D eigenvalue weighted by molar-refractivity contribution is -0.121. The lowest BCUT2D eigenvalue weighted by atomic mass is 10.1. The number of carbonyl (C=O) groups excluding carboxylic acids is 2. The van der Waals surface area contributed by atoms with Crippen LogP contribution in [0.1, 0.15) is 42.5 Å². The summed E-state index contributed by atoms with van der Waals surface area (Å²) in [6.07, 6.45) is 2.06. The maximum atomic E-state index is 13.6. The Balaban J connectivity index is 1.43. The number of nitrogens with zero attached hydrogens (tertiary/aromatic N) is 1. The van der Waals surface area contributed by atoms with Gasteiger partial charge in [0.05, 0.1) is 19.0 Å². The topological polar surface area (TPSA) is 49.4 Å². The predicted octanol–water partition coefficient (Wildman–Crippen LogP) is 5.19. The highest BCUT2D eigenvalue weighted by Crippen LogP contribution is 2.33. The van der Waals surface area contributed by atoms with Crippen molar-refractivity contribution >= 4 is 17.5 Å². The second-order valence-electron chi connectivity index (χ2n) is 8.37. The number of rotatable bonds is 8. The van der Waals surface area contributed by atoms with Crippen LogP contribution in [0.2, 0.25) is 0 Å². The fourth-order valence-corrected chi connectivity index (χ4v) is 3.76. The molecule has 1 N–H and O–H groups in total. The van der Waals surface area contributed by atoms with E-state index in [2.05, 4.69) is 5.32 Å². The molecular weight excluding hydrogens is 403 g/mol. The first-order valence-corrected chi connectivity index (χ1v) is 11.0. The molecule has 0 spiro atoms. The van der Waals surface area contributed by atoms with Gasteiger partial charge in [0.15, 0.2) is 0 Å². The molecular formula is C27H27FN2O2. The first-order valence-electron chi connectivity index (χ1n) is 11.0. The molecule has 0 bridgehead atoms. The lowest BCUT2D eigenvalue weighted by Gasteiger charge is -2.23. The van der Waals surface area contributed by atoms with E-state index in [0.29, 0.717) is 6.54 Å². The summed E-state index contributed by atoms with van der Waals surface area (Å²) >= 11 is 0. The normalized spacial score (nSPS) is 13.9. The summed E-state index contributed by atoms with van der Waals surface area (Å²) in [7, 11) is 0. The molecule has 164 valence electrons. The Bertz CT molecular complexity index is 1080. The van der Waals surface area contributed by atoms with Gasteiger partial charge in [-0.15, -0.1) is 0 Å². The van der Waals surface area contributed by atoms with E-state index in [4.69, 9.17) is 0 Å². The van der Waals surface area contributed by atoms with E-state index in [9.17, 15) is 14.0 Å². The van der Waals surface area contributed by atoms with Crippen LogP contribution in [0.25, 0.3) is 0 Å². The Morgan fingerprint density at radius 2 is 1.69 bits per heavy atom. The Morgan fingerprint density at radius 1 is 0.969 bits per heavy atom. The zero-order chi connectivity index (χ0) is 22.5. The number of halogens is 1. The smallest absolute Gasteiger partial charge is 0.230 e. The maximum Gasteiger partial charge on any atom is 0.230 e. The first kappa shape index (κ1) is 21.8. The van der Waals surface area contributed by atoms with Gasteiger partial charge in [-0.05, 0) is 60.7 Å². The van der Waals surface area contributed by atoms with Gasteiger partial charge in [0.25, 0.3) is 0 Å². The number of amides is 2. The van der Waals surface area contributed by atoms with Crippen LogP contribution in [0, 0.1) is 11.7 Å². The molecule has 3 aromatic rings. The van der Waals surface area contributed by atoms with Crippen LogP contribution in [0.4, 0.5) is 10.1 Å². The molecule has 0 heterocycles. The van der Waals surface area contributed by atoms with Gasteiger partial charge in [-0.1, -0.05) is 54.6 Å². The number of carbonyl (C=O) groups is 2. The monoisotopic (exact) mass is 430 g/mol. The quantitative estimate of drug-likeness (QED) is 0.535. The highest BCUT2D eigenvalue weighted by atomic mass is 19.1. The third-order valence-electron chi connectivity index (χ3n) is 5.71. The van der Waals surface area contributed by atoms with Crippen molar-refractivity contribution in [1.82, 2.24) is 5.32 Å². The largest absolute Gasteiger partial charge is 0.349 e. The minimum Gasteiger partial charge on any atom is -0.349 e. The van der Waals surface area contributed by atoms with Crippen LogP contribution >= 0.6 is 0 Å². The zero-order valence-electron chi connectivity index (χ0n) is 18.1. The number of nitrogens with one attached hydrogen (secondary N) is 1. The van der Waals surface area contributed by atoms with Crippen LogP contribution < -0.4 is 10.2 Å². The summed E-state index contributed by atoms with van der Waals surface area (Å²) in [5.74, 6) is -0.253. The third kappa shape index (κ3) is 5.61. The summed E-state index contributed by atoms with van der Waals surface area (Å²) in [5.41, 5.74) is 3.43. The average Bonchev–Trinajstić information content (AvgIpc) is 3.64. The van der Waals surface area contributed by atoms with E-state index >= 15 is 0 Å². The Kier molecular flexibility index (Phi) is 6.64. The molecule has 0 saturated heterocycles.